The summed E-state index contributed by atoms with van der Waals surface area (Å²) in [5.41, 5.74) is 2.23. The Morgan fingerprint density at radius 1 is 0.941 bits per heavy atom. The van der Waals surface area contributed by atoms with Crippen LogP contribution in [-0.4, -0.2) is 6.54 Å². The maximum absolute atomic E-state index is 12.7. The lowest BCUT2D eigenvalue weighted by Crippen LogP contribution is -2.04. The lowest BCUT2D eigenvalue weighted by molar-refractivity contribution is 0.628. The summed E-state index contributed by atoms with van der Waals surface area (Å²) >= 11 is 3.41. The molecule has 0 aliphatic carbocycles. The van der Waals surface area contributed by atoms with Gasteiger partial charge in [0.2, 0.25) is 0 Å². The van der Waals surface area contributed by atoms with Crippen molar-refractivity contribution in [3.05, 3.63) is 64.4 Å². The molecular weight excluding hydrogens is 281 g/mol. The second kappa shape index (κ2) is 5.82. The van der Waals surface area contributed by atoms with Gasteiger partial charge in [-0.2, -0.15) is 0 Å². The van der Waals surface area contributed by atoms with Crippen LogP contribution in [0, 0.1) is 5.82 Å². The van der Waals surface area contributed by atoms with Crippen molar-refractivity contribution in [1.82, 2.24) is 0 Å². The SMILES string of the molecule is Fc1ccc(NCCc2ccc(Br)cc2)cc1. The van der Waals surface area contributed by atoms with E-state index in [-0.39, 0.29) is 5.82 Å². The summed E-state index contributed by atoms with van der Waals surface area (Å²) in [4.78, 5) is 0. The molecule has 0 aromatic heterocycles. The Bertz CT molecular complexity index is 419. The lowest BCUT2D eigenvalue weighted by atomic mass is 10.1. The topological polar surface area (TPSA) is 12.0 Å². The van der Waals surface area contributed by atoms with E-state index < -0.39 is 0 Å². The van der Waals surface area contributed by atoms with Gasteiger partial charge in [0.05, 0.1) is 0 Å². The van der Waals surface area contributed by atoms with Gasteiger partial charge < -0.3 is 5.32 Å². The van der Waals surface area contributed by atoms with E-state index >= 15 is 0 Å². The van der Waals surface area contributed by atoms with Crippen LogP contribution in [0.15, 0.2) is 53.0 Å². The Hall–Kier alpha value is -1.35. The van der Waals surface area contributed by atoms with Crippen LogP contribution in [-0.2, 0) is 6.42 Å². The minimum Gasteiger partial charge on any atom is -0.385 e. The van der Waals surface area contributed by atoms with Crippen molar-refractivity contribution in [2.24, 2.45) is 0 Å². The van der Waals surface area contributed by atoms with Crippen LogP contribution >= 0.6 is 15.9 Å². The van der Waals surface area contributed by atoms with Crippen molar-refractivity contribution < 1.29 is 4.39 Å². The van der Waals surface area contributed by atoms with Crippen LogP contribution in [0.4, 0.5) is 10.1 Å². The monoisotopic (exact) mass is 293 g/mol. The first-order chi connectivity index (χ1) is 8.24. The Balaban J connectivity index is 1.83. The van der Waals surface area contributed by atoms with Crippen molar-refractivity contribution in [2.45, 2.75) is 6.42 Å². The quantitative estimate of drug-likeness (QED) is 0.889. The van der Waals surface area contributed by atoms with E-state index in [1.165, 1.54) is 17.7 Å². The molecule has 0 unspecified atom stereocenters. The normalized spacial score (nSPS) is 10.2. The molecule has 88 valence electrons. The molecule has 0 aliphatic rings. The first-order valence-corrected chi connectivity index (χ1v) is 6.27. The van der Waals surface area contributed by atoms with Crippen molar-refractivity contribution in [2.75, 3.05) is 11.9 Å². The molecule has 0 saturated carbocycles. The predicted octanol–water partition coefficient (Wildman–Crippen LogP) is 4.24. The molecule has 0 spiro atoms. The van der Waals surface area contributed by atoms with Gasteiger partial charge in [-0.15, -0.1) is 0 Å². The van der Waals surface area contributed by atoms with E-state index in [0.29, 0.717) is 0 Å². The van der Waals surface area contributed by atoms with E-state index in [2.05, 4.69) is 33.4 Å². The number of rotatable bonds is 4. The second-order valence-electron chi connectivity index (χ2n) is 3.81. The van der Waals surface area contributed by atoms with Gasteiger partial charge in [-0.05, 0) is 48.4 Å². The highest BCUT2D eigenvalue weighted by molar-refractivity contribution is 9.10. The summed E-state index contributed by atoms with van der Waals surface area (Å²) in [6, 6.07) is 14.7. The highest BCUT2D eigenvalue weighted by atomic mass is 79.9. The van der Waals surface area contributed by atoms with Crippen LogP contribution in [0.2, 0.25) is 0 Å². The van der Waals surface area contributed by atoms with Crippen molar-refractivity contribution in [3.8, 4) is 0 Å². The molecule has 2 aromatic rings. The molecule has 0 fully saturated rings. The largest absolute Gasteiger partial charge is 0.385 e. The molecule has 0 bridgehead atoms. The highest BCUT2D eigenvalue weighted by Crippen LogP contribution is 2.12. The Morgan fingerprint density at radius 3 is 2.24 bits per heavy atom. The van der Waals surface area contributed by atoms with E-state index in [9.17, 15) is 4.39 Å². The molecule has 2 aromatic carbocycles. The van der Waals surface area contributed by atoms with Crippen LogP contribution in [0.3, 0.4) is 0 Å². The van der Waals surface area contributed by atoms with Gasteiger partial charge in [0.15, 0.2) is 0 Å². The molecule has 0 heterocycles. The van der Waals surface area contributed by atoms with Gasteiger partial charge in [0.1, 0.15) is 5.82 Å². The molecule has 2 rings (SSSR count). The molecule has 0 atom stereocenters. The fourth-order valence-corrected chi connectivity index (χ4v) is 1.83. The van der Waals surface area contributed by atoms with Gasteiger partial charge in [0.25, 0.3) is 0 Å². The average Bonchev–Trinajstić information content (AvgIpc) is 2.34. The third-order valence-corrected chi connectivity index (χ3v) is 3.03. The third kappa shape index (κ3) is 3.86. The predicted molar refractivity (Wildman–Crippen MR) is 72.7 cm³/mol. The zero-order chi connectivity index (χ0) is 12.1. The summed E-state index contributed by atoms with van der Waals surface area (Å²) in [7, 11) is 0. The molecule has 17 heavy (non-hydrogen) atoms. The molecule has 0 saturated heterocycles. The molecular formula is C14H13BrFN. The lowest BCUT2D eigenvalue weighted by Gasteiger charge is -2.06. The van der Waals surface area contributed by atoms with Crippen molar-refractivity contribution in [3.63, 3.8) is 0 Å². The van der Waals surface area contributed by atoms with Gasteiger partial charge in [0, 0.05) is 16.7 Å². The van der Waals surface area contributed by atoms with E-state index in [1.807, 2.05) is 12.1 Å². The number of benzene rings is 2. The first kappa shape index (κ1) is 12.1. The Labute approximate surface area is 109 Å². The summed E-state index contributed by atoms with van der Waals surface area (Å²) < 4.78 is 13.8. The van der Waals surface area contributed by atoms with Gasteiger partial charge in [-0.3, -0.25) is 0 Å². The van der Waals surface area contributed by atoms with Crippen LogP contribution < -0.4 is 5.32 Å². The number of anilines is 1. The van der Waals surface area contributed by atoms with Crippen LogP contribution in [0.1, 0.15) is 5.56 Å². The fraction of sp³-hybridized carbons (Fsp3) is 0.143. The molecule has 3 heteroatoms. The fourth-order valence-electron chi connectivity index (χ4n) is 1.57. The summed E-state index contributed by atoms with van der Waals surface area (Å²) in [5, 5.41) is 3.26. The van der Waals surface area contributed by atoms with Crippen LogP contribution in [0.25, 0.3) is 0 Å². The number of hydrogen-bond donors (Lipinski definition) is 1. The first-order valence-electron chi connectivity index (χ1n) is 5.48. The summed E-state index contributed by atoms with van der Waals surface area (Å²) in [5.74, 6) is -0.205. The maximum Gasteiger partial charge on any atom is 0.123 e. The minimum absolute atomic E-state index is 0.205. The number of halogens is 2. The maximum atomic E-state index is 12.7. The molecule has 1 nitrogen and oxygen atoms in total. The van der Waals surface area contributed by atoms with Gasteiger partial charge >= 0.3 is 0 Å². The molecule has 0 radical (unpaired) electrons. The zero-order valence-electron chi connectivity index (χ0n) is 9.29. The smallest absolute Gasteiger partial charge is 0.123 e. The zero-order valence-corrected chi connectivity index (χ0v) is 10.9. The molecule has 0 aliphatic heterocycles. The average molecular weight is 294 g/mol. The van der Waals surface area contributed by atoms with Gasteiger partial charge in [-0.25, -0.2) is 4.39 Å². The Kier molecular flexibility index (Phi) is 4.15. The second-order valence-corrected chi connectivity index (χ2v) is 4.73. The summed E-state index contributed by atoms with van der Waals surface area (Å²) in [6.45, 7) is 0.841. The van der Waals surface area contributed by atoms with Gasteiger partial charge in [-0.1, -0.05) is 28.1 Å². The van der Waals surface area contributed by atoms with Crippen LogP contribution in [0.5, 0.6) is 0 Å². The third-order valence-electron chi connectivity index (χ3n) is 2.50. The number of hydrogen-bond acceptors (Lipinski definition) is 1. The molecule has 1 N–H and O–H groups in total. The number of nitrogens with one attached hydrogen (secondary N) is 1. The van der Waals surface area contributed by atoms with E-state index in [4.69, 9.17) is 0 Å². The Morgan fingerprint density at radius 2 is 1.59 bits per heavy atom. The van der Waals surface area contributed by atoms with Crippen molar-refractivity contribution in [1.29, 1.82) is 0 Å². The highest BCUT2D eigenvalue weighted by Gasteiger charge is 1.95. The van der Waals surface area contributed by atoms with Crippen molar-refractivity contribution >= 4 is 21.6 Å². The summed E-state index contributed by atoms with van der Waals surface area (Å²) in [6.07, 6.45) is 0.949. The van der Waals surface area contributed by atoms with E-state index in [1.54, 1.807) is 12.1 Å². The van der Waals surface area contributed by atoms with E-state index in [0.717, 1.165) is 23.1 Å². The standard InChI is InChI=1S/C14H13BrFN/c15-12-3-1-11(2-4-12)9-10-17-14-7-5-13(16)6-8-14/h1-8,17H,9-10H2. The minimum atomic E-state index is -0.205. The molecule has 0 amide bonds.